The fraction of sp³-hybridized carbons (Fsp3) is 0.250. The van der Waals surface area contributed by atoms with Gasteiger partial charge in [0, 0.05) is 22.4 Å². The zero-order valence-corrected chi connectivity index (χ0v) is 19.4. The molecule has 8 nitrogen and oxygen atoms in total. The number of fused-ring (bicyclic) bond motifs is 1. The van der Waals surface area contributed by atoms with E-state index in [1.165, 1.54) is 0 Å². The standard InChI is InChI=1S/C20H21ClN3O5PS/c1-3-27-30(31,28-4-2)29-18(13-26-15-11-9-14(21)10-12-15)23-24-19-16-7-5-6-8-17(16)22-20(19)25/h5-12H,3-4,13H2,1-2H3,(H,22,24,25)/b23-18-. The molecule has 1 aliphatic heterocycles. The van der Waals surface area contributed by atoms with Crippen LogP contribution in [0.3, 0.4) is 0 Å². The number of nitrogens with zero attached hydrogens (tertiary/aromatic N) is 2. The molecule has 1 heterocycles. The number of nitrogens with one attached hydrogen (secondary N) is 1. The molecule has 11 heteroatoms. The van der Waals surface area contributed by atoms with Gasteiger partial charge in [0.1, 0.15) is 5.75 Å². The Morgan fingerprint density at radius 3 is 2.45 bits per heavy atom. The smallest absolute Gasteiger partial charge is 0.381 e. The molecule has 3 rings (SSSR count). The number of halogens is 1. The number of amides is 1. The van der Waals surface area contributed by atoms with Crippen LogP contribution in [-0.2, 0) is 30.2 Å². The van der Waals surface area contributed by atoms with E-state index in [1.807, 2.05) is 12.1 Å². The normalized spacial score (nSPS) is 15.0. The van der Waals surface area contributed by atoms with Crippen molar-refractivity contribution in [2.45, 2.75) is 13.8 Å². The molecule has 0 spiro atoms. The minimum absolute atomic E-state index is 0.0184. The molecule has 0 unspecified atom stereocenters. The first-order valence-corrected chi connectivity index (χ1v) is 12.4. The number of carbonyl (C=O) groups is 1. The SMILES string of the molecule is CCOP(=S)(OCC)O/C(COc1ccc(Cl)cc1)=N\N=C1/C(=O)Nc2ccccc21. The molecule has 0 aromatic heterocycles. The number of anilines is 1. The lowest BCUT2D eigenvalue weighted by Crippen LogP contribution is -2.17. The molecular formula is C20H21ClN3O5PS. The van der Waals surface area contributed by atoms with Gasteiger partial charge in [-0.25, -0.2) is 0 Å². The monoisotopic (exact) mass is 481 g/mol. The van der Waals surface area contributed by atoms with Crippen molar-refractivity contribution in [1.29, 1.82) is 0 Å². The second-order valence-electron chi connectivity index (χ2n) is 6.06. The minimum Gasteiger partial charge on any atom is -0.484 e. The number of carbonyl (C=O) groups excluding carboxylic acids is 1. The van der Waals surface area contributed by atoms with Gasteiger partial charge in [0.2, 0.25) is 0 Å². The summed E-state index contributed by atoms with van der Waals surface area (Å²) >= 11 is 11.3. The van der Waals surface area contributed by atoms with E-state index >= 15 is 0 Å². The maximum absolute atomic E-state index is 12.3. The summed E-state index contributed by atoms with van der Waals surface area (Å²) in [6, 6.07) is 14.0. The van der Waals surface area contributed by atoms with Crippen LogP contribution in [0.1, 0.15) is 19.4 Å². The lowest BCUT2D eigenvalue weighted by molar-refractivity contribution is -0.110. The van der Waals surface area contributed by atoms with Crippen molar-refractivity contribution in [3.05, 3.63) is 59.1 Å². The largest absolute Gasteiger partial charge is 0.484 e. The van der Waals surface area contributed by atoms with Gasteiger partial charge >= 0.3 is 6.72 Å². The zero-order valence-electron chi connectivity index (χ0n) is 16.9. The van der Waals surface area contributed by atoms with Crippen molar-refractivity contribution >= 4 is 53.3 Å². The first-order valence-electron chi connectivity index (χ1n) is 9.46. The third-order valence-corrected chi connectivity index (χ3v) is 6.57. The maximum atomic E-state index is 12.3. The Morgan fingerprint density at radius 2 is 1.77 bits per heavy atom. The molecule has 1 N–H and O–H groups in total. The highest BCUT2D eigenvalue weighted by Gasteiger charge is 2.27. The number of benzene rings is 2. The van der Waals surface area contributed by atoms with Crippen LogP contribution in [0.5, 0.6) is 5.75 Å². The van der Waals surface area contributed by atoms with E-state index in [0.29, 0.717) is 35.2 Å². The molecule has 0 saturated heterocycles. The minimum atomic E-state index is -3.12. The van der Waals surface area contributed by atoms with Gasteiger partial charge in [-0.2, -0.15) is 0 Å². The van der Waals surface area contributed by atoms with E-state index in [2.05, 4.69) is 15.5 Å². The third-order valence-electron chi connectivity index (χ3n) is 3.87. The third kappa shape index (κ3) is 6.35. The average Bonchev–Trinajstić information content (AvgIpc) is 3.06. The Bertz CT molecular complexity index is 1040. The zero-order chi connectivity index (χ0) is 22.3. The molecule has 0 aliphatic carbocycles. The average molecular weight is 482 g/mol. The Balaban J connectivity index is 1.88. The van der Waals surface area contributed by atoms with Crippen LogP contribution in [-0.4, -0.2) is 37.3 Å². The van der Waals surface area contributed by atoms with Gasteiger partial charge in [0.15, 0.2) is 12.3 Å². The quantitative estimate of drug-likeness (QED) is 0.240. The maximum Gasteiger partial charge on any atom is 0.381 e. The second-order valence-corrected chi connectivity index (χ2v) is 9.43. The number of hydrogen-bond donors (Lipinski definition) is 1. The van der Waals surface area contributed by atoms with Crippen molar-refractivity contribution in [3.8, 4) is 5.75 Å². The molecule has 0 atom stereocenters. The van der Waals surface area contributed by atoms with Crippen molar-refractivity contribution in [2.24, 2.45) is 10.2 Å². The van der Waals surface area contributed by atoms with Gasteiger partial charge < -0.3 is 14.6 Å². The highest BCUT2D eigenvalue weighted by atomic mass is 35.5. The lowest BCUT2D eigenvalue weighted by Gasteiger charge is -2.21. The molecule has 0 bridgehead atoms. The number of hydrogen-bond acceptors (Lipinski definition) is 8. The van der Waals surface area contributed by atoms with Crippen LogP contribution < -0.4 is 10.1 Å². The Hall–Kier alpha value is -2.29. The molecule has 1 aliphatic rings. The Morgan fingerprint density at radius 1 is 1.10 bits per heavy atom. The van der Waals surface area contributed by atoms with E-state index < -0.39 is 6.72 Å². The molecule has 164 valence electrons. The van der Waals surface area contributed by atoms with Crippen LogP contribution in [0.4, 0.5) is 5.69 Å². The molecule has 31 heavy (non-hydrogen) atoms. The van der Waals surface area contributed by atoms with Crippen LogP contribution in [0.15, 0.2) is 58.7 Å². The summed E-state index contributed by atoms with van der Waals surface area (Å²) in [5, 5.41) is 11.5. The second kappa shape index (κ2) is 10.8. The first kappa shape index (κ1) is 23.4. The van der Waals surface area contributed by atoms with Gasteiger partial charge in [-0.15, -0.1) is 10.2 Å². The molecule has 0 radical (unpaired) electrons. The highest BCUT2D eigenvalue weighted by Crippen LogP contribution is 2.50. The van der Waals surface area contributed by atoms with Gasteiger partial charge in [0.25, 0.3) is 11.8 Å². The molecular weight excluding hydrogens is 461 g/mol. The predicted octanol–water partition coefficient (Wildman–Crippen LogP) is 4.79. The summed E-state index contributed by atoms with van der Waals surface area (Å²) < 4.78 is 22.5. The lowest BCUT2D eigenvalue weighted by atomic mass is 10.1. The number of para-hydroxylation sites is 1. The van der Waals surface area contributed by atoms with Crippen molar-refractivity contribution in [3.63, 3.8) is 0 Å². The summed E-state index contributed by atoms with van der Waals surface area (Å²) in [4.78, 5) is 12.3. The molecule has 0 fully saturated rings. The van der Waals surface area contributed by atoms with E-state index in [4.69, 9.17) is 41.7 Å². The Kier molecular flexibility index (Phi) is 8.17. The Labute approximate surface area is 190 Å². The van der Waals surface area contributed by atoms with Gasteiger partial charge in [-0.1, -0.05) is 29.8 Å². The van der Waals surface area contributed by atoms with E-state index in [0.717, 1.165) is 0 Å². The topological polar surface area (TPSA) is 90.7 Å². The molecule has 2 aromatic carbocycles. The summed E-state index contributed by atoms with van der Waals surface area (Å²) in [5.41, 5.74) is 1.46. The van der Waals surface area contributed by atoms with Gasteiger partial charge in [-0.05, 0) is 44.2 Å². The van der Waals surface area contributed by atoms with Crippen molar-refractivity contribution < 1.29 is 23.1 Å². The first-order chi connectivity index (χ1) is 14.9. The molecule has 1 amide bonds. The number of rotatable bonds is 9. The fourth-order valence-corrected chi connectivity index (χ4v) is 4.77. The summed E-state index contributed by atoms with van der Waals surface area (Å²) in [6.45, 7) is 0.935. The van der Waals surface area contributed by atoms with Crippen LogP contribution in [0, 0.1) is 0 Å². The molecule has 2 aromatic rings. The summed E-state index contributed by atoms with van der Waals surface area (Å²) in [5.74, 6) is 0.195. The van der Waals surface area contributed by atoms with E-state index in [9.17, 15) is 4.79 Å². The molecule has 0 saturated carbocycles. The predicted molar refractivity (Wildman–Crippen MR) is 125 cm³/mol. The fourth-order valence-electron chi connectivity index (χ4n) is 2.59. The van der Waals surface area contributed by atoms with E-state index in [-0.39, 0.29) is 24.1 Å². The van der Waals surface area contributed by atoms with Gasteiger partial charge in [-0.3, -0.25) is 13.8 Å². The summed E-state index contributed by atoms with van der Waals surface area (Å²) in [7, 11) is 0. The summed E-state index contributed by atoms with van der Waals surface area (Å²) in [6.07, 6.45) is 0. The van der Waals surface area contributed by atoms with Crippen LogP contribution >= 0.6 is 18.3 Å². The van der Waals surface area contributed by atoms with Crippen LogP contribution in [0.2, 0.25) is 5.02 Å². The van der Waals surface area contributed by atoms with Crippen molar-refractivity contribution in [2.75, 3.05) is 25.1 Å². The van der Waals surface area contributed by atoms with Crippen molar-refractivity contribution in [1.82, 2.24) is 0 Å². The van der Waals surface area contributed by atoms with Gasteiger partial charge in [0.05, 0.1) is 18.9 Å². The van der Waals surface area contributed by atoms with Crippen LogP contribution in [0.25, 0.3) is 0 Å². The highest BCUT2D eigenvalue weighted by molar-refractivity contribution is 8.07. The number of ether oxygens (including phenoxy) is 1. The van der Waals surface area contributed by atoms with E-state index in [1.54, 1.807) is 50.2 Å².